The van der Waals surface area contributed by atoms with Crippen LogP contribution in [0.25, 0.3) is 65.9 Å². The van der Waals surface area contributed by atoms with E-state index in [2.05, 4.69) is 34.2 Å². The molecule has 0 bridgehead atoms. The fourth-order valence-electron chi connectivity index (χ4n) is 6.56. The van der Waals surface area contributed by atoms with Crippen molar-refractivity contribution >= 4 is 43.6 Å². The highest BCUT2D eigenvalue weighted by atomic mass is 16.5. The highest BCUT2D eigenvalue weighted by molar-refractivity contribution is 6.04. The number of benzene rings is 7. The summed E-state index contributed by atoms with van der Waals surface area (Å²) >= 11 is 0. The zero-order valence-corrected chi connectivity index (χ0v) is 26.6. The molecule has 6 heteroatoms. The molecule has 0 saturated heterocycles. The molecule has 0 saturated carbocycles. The minimum Gasteiger partial charge on any atom is -0.455 e. The van der Waals surface area contributed by atoms with Gasteiger partial charge in [0.25, 0.3) is 0 Å². The summed E-state index contributed by atoms with van der Waals surface area (Å²) in [4.78, 5) is 34.7. The van der Waals surface area contributed by atoms with Gasteiger partial charge < -0.3 is 19.4 Å². The van der Waals surface area contributed by atoms with Crippen LogP contribution in [-0.2, 0) is 0 Å². The summed E-state index contributed by atoms with van der Waals surface area (Å²) in [6, 6.07) is 50.3. The molecule has 0 aliphatic rings. The van der Waals surface area contributed by atoms with Gasteiger partial charge in [0.15, 0.2) is 22.4 Å². The van der Waals surface area contributed by atoms with Crippen LogP contribution >= 0.6 is 0 Å². The lowest BCUT2D eigenvalue weighted by Crippen LogP contribution is -2.09. The van der Waals surface area contributed by atoms with E-state index in [0.29, 0.717) is 66.6 Å². The predicted molar refractivity (Wildman–Crippen MR) is 202 cm³/mol. The van der Waals surface area contributed by atoms with Crippen molar-refractivity contribution < 1.29 is 9.47 Å². The van der Waals surface area contributed by atoms with Gasteiger partial charge in [-0.3, -0.25) is 9.59 Å². The molecule has 0 aliphatic carbocycles. The van der Waals surface area contributed by atoms with Crippen LogP contribution in [0.15, 0.2) is 167 Å². The van der Waals surface area contributed by atoms with E-state index in [4.69, 9.17) is 9.47 Å². The minimum absolute atomic E-state index is 0.162. The Bertz CT molecular complexity index is 2630. The molecule has 9 aromatic rings. The fourth-order valence-corrected chi connectivity index (χ4v) is 6.56. The molecule has 0 fully saturated rings. The summed E-state index contributed by atoms with van der Waals surface area (Å²) in [6.07, 6.45) is 0. The van der Waals surface area contributed by atoms with E-state index >= 15 is 0 Å². The molecule has 0 atom stereocenters. The van der Waals surface area contributed by atoms with Gasteiger partial charge in [-0.05, 0) is 82.9 Å². The van der Waals surface area contributed by atoms with Crippen LogP contribution in [0.4, 0.5) is 0 Å². The number of hydrogen-bond acceptors (Lipinski definition) is 4. The quantitative estimate of drug-likeness (QED) is 0.176. The maximum absolute atomic E-state index is 13.9. The molecule has 2 N–H and O–H groups in total. The van der Waals surface area contributed by atoms with Crippen molar-refractivity contribution in [2.24, 2.45) is 0 Å². The van der Waals surface area contributed by atoms with E-state index in [1.165, 1.54) is 0 Å². The lowest BCUT2D eigenvalue weighted by Gasteiger charge is -2.13. The fraction of sp³-hybridized carbons (Fsp3) is 0. The second-order valence-corrected chi connectivity index (χ2v) is 12.2. The lowest BCUT2D eigenvalue weighted by molar-refractivity contribution is 0.487. The summed E-state index contributed by atoms with van der Waals surface area (Å²) in [5, 5.41) is 1.89. The number of aromatic nitrogens is 2. The normalized spacial score (nSPS) is 11.4. The topological polar surface area (TPSA) is 84.2 Å². The number of hydrogen-bond donors (Lipinski definition) is 2. The first-order chi connectivity index (χ1) is 24.6. The van der Waals surface area contributed by atoms with Gasteiger partial charge in [-0.2, -0.15) is 0 Å². The maximum atomic E-state index is 13.9. The van der Waals surface area contributed by atoms with Crippen molar-refractivity contribution in [2.45, 2.75) is 0 Å². The second-order valence-electron chi connectivity index (χ2n) is 12.2. The summed E-state index contributed by atoms with van der Waals surface area (Å²) in [6.45, 7) is 0. The van der Waals surface area contributed by atoms with Crippen LogP contribution in [0.1, 0.15) is 0 Å². The average molecular weight is 649 g/mol. The number of pyridine rings is 2. The largest absolute Gasteiger partial charge is 0.455 e. The first-order valence-electron chi connectivity index (χ1n) is 16.3. The van der Waals surface area contributed by atoms with E-state index in [1.54, 1.807) is 24.3 Å². The zero-order valence-electron chi connectivity index (χ0n) is 26.6. The Labute approximate surface area is 285 Å². The Balaban J connectivity index is 1.09. The SMILES string of the molecule is O=c1c2cc3[nH]c4c(Oc5ccc(-c6ccccc6)cc5)cccc4c(=O)c3cc2[nH]c2c(Oc3ccc(-c4ccccc4)cc3)cccc12. The number of fused-ring (bicyclic) bond motifs is 4. The Kier molecular flexibility index (Phi) is 6.99. The molecule has 50 heavy (non-hydrogen) atoms. The van der Waals surface area contributed by atoms with Gasteiger partial charge in [0, 0.05) is 21.5 Å². The number of rotatable bonds is 6. The van der Waals surface area contributed by atoms with Gasteiger partial charge in [0.05, 0.1) is 22.1 Å². The Morgan fingerprint density at radius 2 is 0.740 bits per heavy atom. The summed E-state index contributed by atoms with van der Waals surface area (Å²) in [7, 11) is 0. The van der Waals surface area contributed by atoms with Crippen LogP contribution in [-0.4, -0.2) is 9.97 Å². The molecule has 0 spiro atoms. The van der Waals surface area contributed by atoms with Gasteiger partial charge in [-0.15, -0.1) is 0 Å². The number of para-hydroxylation sites is 2. The summed E-state index contributed by atoms with van der Waals surface area (Å²) in [5.74, 6) is 2.31. The van der Waals surface area contributed by atoms with E-state index in [1.807, 2.05) is 109 Å². The number of aromatic amines is 2. The third-order valence-electron chi connectivity index (χ3n) is 9.09. The third-order valence-corrected chi connectivity index (χ3v) is 9.09. The van der Waals surface area contributed by atoms with Crippen LogP contribution in [0.3, 0.4) is 0 Å². The van der Waals surface area contributed by atoms with Gasteiger partial charge in [0.1, 0.15) is 11.5 Å². The van der Waals surface area contributed by atoms with E-state index in [-0.39, 0.29) is 10.9 Å². The standard InChI is InChI=1S/C44H28N2O4/c47-43-33-13-7-15-39(49-31-21-17-29(18-22-31)27-9-3-1-4-10-27)41(33)45-37-25-36-38(26-35(37)43)46-42-34(44(36)48)14-8-16-40(42)50-32-23-19-30(20-24-32)28-11-5-2-6-12-28/h1-26H,(H,45,47)(H,46,48). The molecular weight excluding hydrogens is 620 g/mol. The Morgan fingerprint density at radius 1 is 0.360 bits per heavy atom. The molecule has 9 rings (SSSR count). The first-order valence-corrected chi connectivity index (χ1v) is 16.3. The van der Waals surface area contributed by atoms with Gasteiger partial charge in [0.2, 0.25) is 0 Å². The molecule has 238 valence electrons. The number of nitrogens with one attached hydrogen (secondary N) is 2. The van der Waals surface area contributed by atoms with Crippen LogP contribution in [0.2, 0.25) is 0 Å². The van der Waals surface area contributed by atoms with Gasteiger partial charge >= 0.3 is 0 Å². The lowest BCUT2D eigenvalue weighted by atomic mass is 10.0. The summed E-state index contributed by atoms with van der Waals surface area (Å²) in [5.41, 5.74) is 6.27. The van der Waals surface area contributed by atoms with Crippen LogP contribution in [0, 0.1) is 0 Å². The Hall–Kier alpha value is -6.92. The molecule has 0 unspecified atom stereocenters. The van der Waals surface area contributed by atoms with Gasteiger partial charge in [-0.1, -0.05) is 97.1 Å². The van der Waals surface area contributed by atoms with E-state index in [9.17, 15) is 9.59 Å². The Morgan fingerprint density at radius 3 is 1.14 bits per heavy atom. The van der Waals surface area contributed by atoms with Crippen LogP contribution in [0.5, 0.6) is 23.0 Å². The van der Waals surface area contributed by atoms with Crippen molar-refractivity contribution in [3.05, 3.63) is 178 Å². The van der Waals surface area contributed by atoms with E-state index in [0.717, 1.165) is 22.3 Å². The predicted octanol–water partition coefficient (Wildman–Crippen LogP) is 10.6. The maximum Gasteiger partial charge on any atom is 0.197 e. The molecule has 0 amide bonds. The van der Waals surface area contributed by atoms with Crippen molar-refractivity contribution in [3.8, 4) is 45.3 Å². The van der Waals surface area contributed by atoms with Crippen molar-refractivity contribution in [1.82, 2.24) is 9.97 Å². The monoisotopic (exact) mass is 648 g/mol. The van der Waals surface area contributed by atoms with Crippen molar-refractivity contribution in [3.63, 3.8) is 0 Å². The molecule has 2 heterocycles. The smallest absolute Gasteiger partial charge is 0.197 e. The molecule has 7 aromatic carbocycles. The van der Waals surface area contributed by atoms with Crippen molar-refractivity contribution in [1.29, 1.82) is 0 Å². The zero-order chi connectivity index (χ0) is 33.6. The highest BCUT2D eigenvalue weighted by Gasteiger charge is 2.15. The number of H-pyrrole nitrogens is 2. The number of ether oxygens (including phenoxy) is 2. The third kappa shape index (κ3) is 5.16. The molecule has 0 radical (unpaired) electrons. The molecule has 2 aromatic heterocycles. The van der Waals surface area contributed by atoms with Crippen molar-refractivity contribution in [2.75, 3.05) is 0 Å². The average Bonchev–Trinajstić information content (AvgIpc) is 3.17. The minimum atomic E-state index is -0.162. The first kappa shape index (κ1) is 29.2. The molecule has 6 nitrogen and oxygen atoms in total. The second kappa shape index (κ2) is 12.0. The van der Waals surface area contributed by atoms with E-state index < -0.39 is 0 Å². The van der Waals surface area contributed by atoms with Crippen LogP contribution < -0.4 is 20.3 Å². The molecule has 0 aliphatic heterocycles. The molecular formula is C44H28N2O4. The highest BCUT2D eigenvalue weighted by Crippen LogP contribution is 2.33. The van der Waals surface area contributed by atoms with Gasteiger partial charge in [-0.25, -0.2) is 0 Å². The summed E-state index contributed by atoms with van der Waals surface area (Å²) < 4.78 is 12.6.